The van der Waals surface area contributed by atoms with Crippen LogP contribution in [0.2, 0.25) is 0 Å². The molecule has 1 aliphatic rings. The molecule has 0 fully saturated rings. The lowest BCUT2D eigenvalue weighted by Gasteiger charge is -2.04. The van der Waals surface area contributed by atoms with Gasteiger partial charge < -0.3 is 4.74 Å². The molecule has 0 saturated carbocycles. The van der Waals surface area contributed by atoms with Gasteiger partial charge in [-0.2, -0.15) is 0 Å². The summed E-state index contributed by atoms with van der Waals surface area (Å²) in [4.78, 5) is 22.5. The summed E-state index contributed by atoms with van der Waals surface area (Å²) in [5.74, 6) is -1.05. The molecule has 1 aromatic carbocycles. The molecule has 0 saturated heterocycles. The highest BCUT2D eigenvalue weighted by atomic mass is 16.6. The molecule has 0 N–H and O–H groups in total. The molecule has 0 unspecified atom stereocenters. The lowest BCUT2D eigenvalue weighted by Crippen LogP contribution is -2.00. The molecule has 0 bridgehead atoms. The maximum Gasteiger partial charge on any atom is 0.347 e. The van der Waals surface area contributed by atoms with E-state index in [2.05, 4.69) is 4.74 Å². The molecule has 1 aliphatic heterocycles. The van der Waals surface area contributed by atoms with Crippen LogP contribution >= 0.6 is 0 Å². The topological polar surface area (TPSA) is 43.4 Å². The van der Waals surface area contributed by atoms with Gasteiger partial charge in [-0.1, -0.05) is 13.0 Å². The number of hydrogen-bond donors (Lipinski definition) is 0. The average molecular weight is 190 g/mol. The fraction of sp³-hybridized carbons (Fsp3) is 0.273. The maximum absolute atomic E-state index is 11.3. The van der Waals surface area contributed by atoms with E-state index in [1.807, 2.05) is 19.9 Å². The van der Waals surface area contributed by atoms with Crippen LogP contribution in [0, 0.1) is 6.92 Å². The van der Waals surface area contributed by atoms with Crippen molar-refractivity contribution in [2.24, 2.45) is 0 Å². The normalized spacial score (nSPS) is 14.1. The van der Waals surface area contributed by atoms with Gasteiger partial charge in [-0.15, -0.1) is 0 Å². The first-order valence-electron chi connectivity index (χ1n) is 4.54. The average Bonchev–Trinajstić information content (AvgIpc) is 2.44. The molecule has 0 spiro atoms. The van der Waals surface area contributed by atoms with E-state index in [4.69, 9.17) is 0 Å². The van der Waals surface area contributed by atoms with E-state index in [0.717, 1.165) is 17.5 Å². The lowest BCUT2D eigenvalue weighted by atomic mass is 9.97. The highest BCUT2D eigenvalue weighted by Crippen LogP contribution is 2.25. The van der Waals surface area contributed by atoms with Crippen molar-refractivity contribution in [3.63, 3.8) is 0 Å². The molecule has 0 aromatic heterocycles. The number of aryl methyl sites for hydroxylation is 1. The zero-order valence-electron chi connectivity index (χ0n) is 8.09. The van der Waals surface area contributed by atoms with Crippen LogP contribution in [0.25, 0.3) is 0 Å². The Morgan fingerprint density at radius 2 is 1.93 bits per heavy atom. The van der Waals surface area contributed by atoms with Gasteiger partial charge in [0.05, 0.1) is 11.1 Å². The van der Waals surface area contributed by atoms with Crippen LogP contribution in [-0.4, -0.2) is 11.9 Å². The Morgan fingerprint density at radius 1 is 1.21 bits per heavy atom. The molecule has 3 nitrogen and oxygen atoms in total. The van der Waals surface area contributed by atoms with Crippen LogP contribution in [0.5, 0.6) is 0 Å². The van der Waals surface area contributed by atoms with Crippen LogP contribution in [0.15, 0.2) is 12.1 Å². The molecule has 0 atom stereocenters. The minimum Gasteiger partial charge on any atom is -0.386 e. The quantitative estimate of drug-likeness (QED) is 0.501. The zero-order chi connectivity index (χ0) is 10.3. The first-order chi connectivity index (χ1) is 6.65. The van der Waals surface area contributed by atoms with Gasteiger partial charge in [-0.3, -0.25) is 0 Å². The van der Waals surface area contributed by atoms with Crippen molar-refractivity contribution in [3.05, 3.63) is 34.4 Å². The number of benzene rings is 1. The van der Waals surface area contributed by atoms with Crippen molar-refractivity contribution < 1.29 is 14.3 Å². The highest BCUT2D eigenvalue weighted by molar-refractivity contribution is 6.15. The fourth-order valence-corrected chi connectivity index (χ4v) is 1.76. The summed E-state index contributed by atoms with van der Waals surface area (Å²) in [6.45, 7) is 3.86. The summed E-state index contributed by atoms with van der Waals surface area (Å²) in [7, 11) is 0. The van der Waals surface area contributed by atoms with Crippen LogP contribution in [-0.2, 0) is 11.2 Å². The Balaban J connectivity index is 2.70. The Morgan fingerprint density at radius 3 is 2.57 bits per heavy atom. The summed E-state index contributed by atoms with van der Waals surface area (Å²) in [5, 5.41) is 0. The summed E-state index contributed by atoms with van der Waals surface area (Å²) in [5.41, 5.74) is 2.77. The summed E-state index contributed by atoms with van der Waals surface area (Å²) in [6.07, 6.45) is 0.848. The third-order valence-corrected chi connectivity index (χ3v) is 2.57. The number of carbonyl (C=O) groups excluding carboxylic acids is 2. The Bertz CT molecular complexity index is 432. The van der Waals surface area contributed by atoms with E-state index >= 15 is 0 Å². The predicted octanol–water partition coefficient (Wildman–Crippen LogP) is 1.87. The number of cyclic esters (lactones) is 2. The van der Waals surface area contributed by atoms with Crippen molar-refractivity contribution >= 4 is 11.9 Å². The van der Waals surface area contributed by atoms with Gasteiger partial charge >= 0.3 is 11.9 Å². The minimum absolute atomic E-state index is 0.393. The first kappa shape index (κ1) is 8.94. The predicted molar refractivity (Wildman–Crippen MR) is 50.3 cm³/mol. The van der Waals surface area contributed by atoms with Crippen LogP contribution < -0.4 is 0 Å². The summed E-state index contributed by atoms with van der Waals surface area (Å²) >= 11 is 0. The monoisotopic (exact) mass is 190 g/mol. The van der Waals surface area contributed by atoms with Gasteiger partial charge in [0.2, 0.25) is 0 Å². The van der Waals surface area contributed by atoms with Gasteiger partial charge in [0.25, 0.3) is 0 Å². The van der Waals surface area contributed by atoms with Gasteiger partial charge in [0.1, 0.15) is 0 Å². The number of rotatable bonds is 1. The molecule has 1 aromatic rings. The van der Waals surface area contributed by atoms with Crippen molar-refractivity contribution in [1.29, 1.82) is 0 Å². The van der Waals surface area contributed by atoms with Gasteiger partial charge in [-0.05, 0) is 30.5 Å². The molecule has 1 heterocycles. The fourth-order valence-electron chi connectivity index (χ4n) is 1.76. The number of ether oxygens (including phenoxy) is 1. The van der Waals surface area contributed by atoms with E-state index in [9.17, 15) is 9.59 Å². The van der Waals surface area contributed by atoms with Gasteiger partial charge in [0, 0.05) is 0 Å². The zero-order valence-corrected chi connectivity index (χ0v) is 8.09. The van der Waals surface area contributed by atoms with Crippen LogP contribution in [0.3, 0.4) is 0 Å². The molecule has 14 heavy (non-hydrogen) atoms. The van der Waals surface area contributed by atoms with Crippen molar-refractivity contribution in [1.82, 2.24) is 0 Å². The van der Waals surface area contributed by atoms with Gasteiger partial charge in [0.15, 0.2) is 0 Å². The number of carbonyl (C=O) groups is 2. The van der Waals surface area contributed by atoms with E-state index in [1.54, 1.807) is 6.07 Å². The molecular weight excluding hydrogens is 180 g/mol. The number of esters is 2. The summed E-state index contributed by atoms with van der Waals surface area (Å²) < 4.78 is 4.53. The maximum atomic E-state index is 11.3. The van der Waals surface area contributed by atoms with Crippen molar-refractivity contribution in [2.75, 3.05) is 0 Å². The largest absolute Gasteiger partial charge is 0.386 e. The van der Waals surface area contributed by atoms with Crippen LogP contribution in [0.1, 0.15) is 38.8 Å². The third kappa shape index (κ3) is 1.05. The second-order valence-corrected chi connectivity index (χ2v) is 3.30. The smallest absolute Gasteiger partial charge is 0.347 e. The van der Waals surface area contributed by atoms with E-state index < -0.39 is 11.9 Å². The number of hydrogen-bond acceptors (Lipinski definition) is 3. The van der Waals surface area contributed by atoms with Crippen LogP contribution in [0.4, 0.5) is 0 Å². The second kappa shape index (κ2) is 2.94. The second-order valence-electron chi connectivity index (χ2n) is 3.30. The number of fused-ring (bicyclic) bond motifs is 1. The van der Waals surface area contributed by atoms with E-state index in [-0.39, 0.29) is 0 Å². The Kier molecular flexibility index (Phi) is 1.88. The Hall–Kier alpha value is -1.64. The molecule has 2 rings (SSSR count). The Labute approximate surface area is 81.7 Å². The molecule has 3 heteroatoms. The molecular formula is C11H10O3. The lowest BCUT2D eigenvalue weighted by molar-refractivity contribution is 0.0443. The first-order valence-corrected chi connectivity index (χ1v) is 4.54. The van der Waals surface area contributed by atoms with Crippen molar-refractivity contribution in [3.8, 4) is 0 Å². The summed E-state index contributed by atoms with van der Waals surface area (Å²) in [6, 6.07) is 3.53. The molecule has 72 valence electrons. The van der Waals surface area contributed by atoms with E-state index in [0.29, 0.717) is 11.1 Å². The van der Waals surface area contributed by atoms with Gasteiger partial charge in [-0.25, -0.2) is 9.59 Å². The third-order valence-electron chi connectivity index (χ3n) is 2.57. The molecule has 0 amide bonds. The standard InChI is InChI=1S/C11H10O3/c1-3-7-4-5-8-9(6(7)2)11(13)14-10(8)12/h4-5H,3H2,1-2H3. The highest BCUT2D eigenvalue weighted by Gasteiger charge is 2.31. The molecule has 0 radical (unpaired) electrons. The molecule has 0 aliphatic carbocycles. The van der Waals surface area contributed by atoms with E-state index in [1.165, 1.54) is 0 Å². The SMILES string of the molecule is CCc1ccc2c(c1C)C(=O)OC2=O. The minimum atomic E-state index is -0.532. The van der Waals surface area contributed by atoms with Crippen molar-refractivity contribution in [2.45, 2.75) is 20.3 Å².